The van der Waals surface area contributed by atoms with Crippen LogP contribution in [0.4, 0.5) is 10.6 Å². The topological polar surface area (TPSA) is 85.8 Å². The van der Waals surface area contributed by atoms with Gasteiger partial charge in [-0.1, -0.05) is 26.8 Å². The summed E-state index contributed by atoms with van der Waals surface area (Å²) in [6.07, 6.45) is 4.03. The number of urea groups is 1. The quantitative estimate of drug-likeness (QED) is 0.765. The lowest BCUT2D eigenvalue weighted by Crippen LogP contribution is -2.55. The van der Waals surface area contributed by atoms with E-state index in [0.29, 0.717) is 44.9 Å². The van der Waals surface area contributed by atoms with E-state index in [1.807, 2.05) is 18.2 Å². The molecule has 4 rings (SSSR count). The van der Waals surface area contributed by atoms with Crippen LogP contribution in [0.5, 0.6) is 0 Å². The molecule has 2 atom stereocenters. The molecule has 8 nitrogen and oxygen atoms in total. The van der Waals surface area contributed by atoms with E-state index in [0.717, 1.165) is 17.1 Å². The minimum atomic E-state index is -0.865. The van der Waals surface area contributed by atoms with E-state index in [1.165, 1.54) is 0 Å². The Morgan fingerprint density at radius 3 is 2.53 bits per heavy atom. The molecule has 2 saturated heterocycles. The molecule has 0 unspecified atom stereocenters. The van der Waals surface area contributed by atoms with E-state index < -0.39 is 11.6 Å². The molecule has 4 amide bonds. The van der Waals surface area contributed by atoms with Gasteiger partial charge in [-0.2, -0.15) is 0 Å². The molecule has 0 radical (unpaired) electrons. The summed E-state index contributed by atoms with van der Waals surface area (Å²) in [5, 5.41) is 2.94. The molecule has 3 fully saturated rings. The predicted octanol–water partition coefficient (Wildman–Crippen LogP) is 1.87. The van der Waals surface area contributed by atoms with Crippen molar-refractivity contribution in [2.45, 2.75) is 45.6 Å². The van der Waals surface area contributed by atoms with Crippen LogP contribution in [0.2, 0.25) is 0 Å². The minimum absolute atomic E-state index is 0.0254. The molecule has 3 heterocycles. The fourth-order valence-electron chi connectivity index (χ4n) is 5.61. The summed E-state index contributed by atoms with van der Waals surface area (Å²) >= 11 is 0. The van der Waals surface area contributed by atoms with Crippen LogP contribution >= 0.6 is 0 Å². The first-order valence-corrected chi connectivity index (χ1v) is 10.8. The Morgan fingerprint density at radius 1 is 1.17 bits per heavy atom. The maximum Gasteiger partial charge on any atom is 0.325 e. The zero-order chi connectivity index (χ0) is 21.5. The van der Waals surface area contributed by atoms with Crippen molar-refractivity contribution in [3.63, 3.8) is 0 Å². The number of imide groups is 1. The van der Waals surface area contributed by atoms with Crippen LogP contribution in [0.25, 0.3) is 0 Å². The standard InChI is InChI=1S/C22H31N5O3/c1-16-12-21(2,3)15-22(13-16)19(29)27(20(30)24-22)14-18(28)26-10-8-25(9-11-26)17-6-4-5-7-23-17/h4-7,16H,8-15H2,1-3H3,(H,24,30)/t16-,22-/m0/s1. The molecule has 1 aromatic rings. The van der Waals surface area contributed by atoms with Crippen molar-refractivity contribution in [1.29, 1.82) is 0 Å². The molecule has 0 aromatic carbocycles. The van der Waals surface area contributed by atoms with E-state index in [9.17, 15) is 14.4 Å². The number of aromatic nitrogens is 1. The predicted molar refractivity (Wildman–Crippen MR) is 113 cm³/mol. The molecule has 1 aromatic heterocycles. The van der Waals surface area contributed by atoms with Crippen molar-refractivity contribution in [3.8, 4) is 0 Å². The Bertz CT molecular complexity index is 834. The number of piperazine rings is 1. The van der Waals surface area contributed by atoms with Crippen LogP contribution in [-0.4, -0.2) is 70.9 Å². The van der Waals surface area contributed by atoms with Gasteiger partial charge in [0.05, 0.1) is 0 Å². The zero-order valence-corrected chi connectivity index (χ0v) is 18.1. The Balaban J connectivity index is 1.38. The average Bonchev–Trinajstić information content (AvgIpc) is 2.90. The maximum atomic E-state index is 13.2. The molecule has 8 heteroatoms. The van der Waals surface area contributed by atoms with Gasteiger partial charge in [0, 0.05) is 32.4 Å². The fourth-order valence-corrected chi connectivity index (χ4v) is 5.61. The van der Waals surface area contributed by atoms with Gasteiger partial charge >= 0.3 is 6.03 Å². The Labute approximate surface area is 177 Å². The summed E-state index contributed by atoms with van der Waals surface area (Å²) in [4.78, 5) is 48.1. The van der Waals surface area contributed by atoms with Crippen molar-refractivity contribution in [2.24, 2.45) is 11.3 Å². The third-order valence-corrected chi connectivity index (χ3v) is 6.52. The van der Waals surface area contributed by atoms with Gasteiger partial charge in [-0.25, -0.2) is 9.78 Å². The number of rotatable bonds is 3. The first kappa shape index (κ1) is 20.6. The first-order valence-electron chi connectivity index (χ1n) is 10.8. The van der Waals surface area contributed by atoms with Gasteiger partial charge in [-0.3, -0.25) is 14.5 Å². The summed E-state index contributed by atoms with van der Waals surface area (Å²) in [7, 11) is 0. The molecular weight excluding hydrogens is 382 g/mol. The lowest BCUT2D eigenvalue weighted by molar-refractivity contribution is -0.140. The van der Waals surface area contributed by atoms with Crippen LogP contribution < -0.4 is 10.2 Å². The minimum Gasteiger partial charge on any atom is -0.353 e. The number of carbonyl (C=O) groups excluding carboxylic acids is 3. The van der Waals surface area contributed by atoms with E-state index in [2.05, 4.69) is 36.0 Å². The number of hydrogen-bond donors (Lipinski definition) is 1. The second-order valence-corrected chi connectivity index (χ2v) is 9.81. The van der Waals surface area contributed by atoms with Gasteiger partial charge in [-0.15, -0.1) is 0 Å². The molecule has 2 aliphatic heterocycles. The number of hydrogen-bond acceptors (Lipinski definition) is 5. The van der Waals surface area contributed by atoms with E-state index in [-0.39, 0.29) is 23.8 Å². The van der Waals surface area contributed by atoms with Gasteiger partial charge in [0.25, 0.3) is 5.91 Å². The van der Waals surface area contributed by atoms with Crippen molar-refractivity contribution >= 4 is 23.7 Å². The van der Waals surface area contributed by atoms with Crippen LogP contribution in [0, 0.1) is 11.3 Å². The summed E-state index contributed by atoms with van der Waals surface area (Å²) < 4.78 is 0. The SMILES string of the molecule is C[C@H]1CC(C)(C)C[C@]2(C1)NC(=O)N(CC(=O)N1CCN(c3ccccn3)CC1)C2=O. The highest BCUT2D eigenvalue weighted by molar-refractivity contribution is 6.09. The highest BCUT2D eigenvalue weighted by Crippen LogP contribution is 2.46. The molecule has 0 bridgehead atoms. The number of nitrogens with zero attached hydrogens (tertiary/aromatic N) is 4. The monoisotopic (exact) mass is 413 g/mol. The van der Waals surface area contributed by atoms with Crippen molar-refractivity contribution < 1.29 is 14.4 Å². The highest BCUT2D eigenvalue weighted by Gasteiger charge is 2.56. The summed E-state index contributed by atoms with van der Waals surface area (Å²) in [5.74, 6) is 0.815. The largest absolute Gasteiger partial charge is 0.353 e. The van der Waals surface area contributed by atoms with Crippen LogP contribution in [0.15, 0.2) is 24.4 Å². The molecule has 1 aliphatic carbocycles. The third kappa shape index (κ3) is 3.87. The summed E-state index contributed by atoms with van der Waals surface area (Å²) in [5.41, 5.74) is -0.890. The molecule has 30 heavy (non-hydrogen) atoms. The second kappa shape index (κ2) is 7.56. The van der Waals surface area contributed by atoms with Crippen LogP contribution in [0.1, 0.15) is 40.0 Å². The van der Waals surface area contributed by atoms with Crippen molar-refractivity contribution in [3.05, 3.63) is 24.4 Å². The molecule has 162 valence electrons. The lowest BCUT2D eigenvalue weighted by atomic mass is 9.64. The van der Waals surface area contributed by atoms with Gasteiger partial charge in [-0.05, 0) is 42.7 Å². The summed E-state index contributed by atoms with van der Waals surface area (Å²) in [6, 6.07) is 5.34. The van der Waals surface area contributed by atoms with Crippen LogP contribution in [-0.2, 0) is 9.59 Å². The Morgan fingerprint density at radius 2 is 1.90 bits per heavy atom. The maximum absolute atomic E-state index is 13.2. The average molecular weight is 414 g/mol. The number of pyridine rings is 1. The number of carbonyl (C=O) groups is 3. The normalized spacial score (nSPS) is 28.8. The third-order valence-electron chi connectivity index (χ3n) is 6.52. The molecule has 1 spiro atoms. The number of amides is 4. The van der Waals surface area contributed by atoms with Gasteiger partial charge < -0.3 is 15.1 Å². The van der Waals surface area contributed by atoms with Crippen molar-refractivity contribution in [1.82, 2.24) is 20.1 Å². The summed E-state index contributed by atoms with van der Waals surface area (Å²) in [6.45, 7) is 8.67. The second-order valence-electron chi connectivity index (χ2n) is 9.81. The Hall–Kier alpha value is -2.64. The van der Waals surface area contributed by atoms with E-state index in [4.69, 9.17) is 0 Å². The fraction of sp³-hybridized carbons (Fsp3) is 0.636. The van der Waals surface area contributed by atoms with Gasteiger partial charge in [0.2, 0.25) is 5.91 Å². The Kier molecular flexibility index (Phi) is 5.20. The molecule has 3 aliphatic rings. The van der Waals surface area contributed by atoms with Crippen molar-refractivity contribution in [2.75, 3.05) is 37.6 Å². The molecular formula is C22H31N5O3. The first-order chi connectivity index (χ1) is 14.2. The molecule has 1 N–H and O–H groups in total. The van der Waals surface area contributed by atoms with E-state index >= 15 is 0 Å². The highest BCUT2D eigenvalue weighted by atomic mass is 16.2. The zero-order valence-electron chi connectivity index (χ0n) is 18.1. The molecule has 1 saturated carbocycles. The lowest BCUT2D eigenvalue weighted by Gasteiger charge is -2.43. The number of nitrogens with one attached hydrogen (secondary N) is 1. The van der Waals surface area contributed by atoms with Crippen LogP contribution in [0.3, 0.4) is 0 Å². The van der Waals surface area contributed by atoms with E-state index in [1.54, 1.807) is 11.1 Å². The van der Waals surface area contributed by atoms with Gasteiger partial charge in [0.15, 0.2) is 0 Å². The van der Waals surface area contributed by atoms with Gasteiger partial charge in [0.1, 0.15) is 17.9 Å². The smallest absolute Gasteiger partial charge is 0.325 e. The number of anilines is 1.